The van der Waals surface area contributed by atoms with E-state index in [-0.39, 0.29) is 23.1 Å². The average molecular weight is 336 g/mol. The number of hydrogen-bond donors (Lipinski definition) is 1. The molecule has 1 N–H and O–H groups in total. The number of nitrogens with zero attached hydrogens (tertiary/aromatic N) is 1. The Balaban J connectivity index is 1.47. The highest BCUT2D eigenvalue weighted by molar-refractivity contribution is 8.01. The summed E-state index contributed by atoms with van der Waals surface area (Å²) in [5, 5.41) is 2.99. The molecule has 6 heteroatoms. The van der Waals surface area contributed by atoms with Gasteiger partial charge in [-0.05, 0) is 12.0 Å². The Labute approximate surface area is 139 Å². The lowest BCUT2D eigenvalue weighted by Gasteiger charge is -2.19. The fraction of sp³-hybridized carbons (Fsp3) is 0.500. The Hall–Kier alpha value is -0.980. The number of carbonyl (C=O) groups is 2. The molecule has 4 nitrogen and oxygen atoms in total. The molecule has 22 heavy (non-hydrogen) atoms. The van der Waals surface area contributed by atoms with Gasteiger partial charge in [0.2, 0.25) is 5.91 Å². The topological polar surface area (TPSA) is 49.4 Å². The Kier molecular flexibility index (Phi) is 5.44. The molecule has 2 saturated heterocycles. The van der Waals surface area contributed by atoms with E-state index in [2.05, 4.69) is 5.32 Å². The first-order valence-corrected chi connectivity index (χ1v) is 9.75. The van der Waals surface area contributed by atoms with Gasteiger partial charge in [-0.15, -0.1) is 23.5 Å². The first-order valence-electron chi connectivity index (χ1n) is 7.55. The number of benzene rings is 1. The third-order valence-electron chi connectivity index (χ3n) is 3.94. The second kappa shape index (κ2) is 7.53. The molecule has 0 spiro atoms. The Morgan fingerprint density at radius 3 is 2.82 bits per heavy atom. The Morgan fingerprint density at radius 2 is 2.09 bits per heavy atom. The van der Waals surface area contributed by atoms with E-state index >= 15 is 0 Å². The van der Waals surface area contributed by atoms with Crippen LogP contribution in [0, 0.1) is 0 Å². The highest BCUT2D eigenvalue weighted by Crippen LogP contribution is 2.24. The quantitative estimate of drug-likeness (QED) is 0.888. The number of carbonyl (C=O) groups excluding carboxylic acids is 2. The fourth-order valence-corrected chi connectivity index (χ4v) is 4.79. The first kappa shape index (κ1) is 15.9. The van der Waals surface area contributed by atoms with E-state index < -0.39 is 0 Å². The normalized spacial score (nSPS) is 24.6. The molecule has 0 radical (unpaired) electrons. The second-order valence-electron chi connectivity index (χ2n) is 5.52. The summed E-state index contributed by atoms with van der Waals surface area (Å²) in [7, 11) is 0. The minimum atomic E-state index is -0.229. The summed E-state index contributed by atoms with van der Waals surface area (Å²) >= 11 is 3.35. The van der Waals surface area contributed by atoms with Gasteiger partial charge in [0.25, 0.3) is 0 Å². The third-order valence-corrected chi connectivity index (χ3v) is 6.16. The van der Waals surface area contributed by atoms with Gasteiger partial charge in [0, 0.05) is 24.5 Å². The van der Waals surface area contributed by atoms with E-state index in [1.807, 2.05) is 35.2 Å². The first-order chi connectivity index (χ1) is 10.7. The van der Waals surface area contributed by atoms with Gasteiger partial charge in [-0.2, -0.15) is 0 Å². The van der Waals surface area contributed by atoms with Crippen molar-refractivity contribution < 1.29 is 9.59 Å². The van der Waals surface area contributed by atoms with Crippen LogP contribution in [0.25, 0.3) is 0 Å². The van der Waals surface area contributed by atoms with Gasteiger partial charge in [-0.3, -0.25) is 14.9 Å². The monoisotopic (exact) mass is 336 g/mol. The van der Waals surface area contributed by atoms with Crippen LogP contribution in [0.5, 0.6) is 0 Å². The summed E-state index contributed by atoms with van der Waals surface area (Å²) in [6.07, 6.45) is 1.29. The van der Waals surface area contributed by atoms with E-state index in [9.17, 15) is 9.59 Å². The molecule has 2 heterocycles. The molecule has 2 atom stereocenters. The number of thioether (sulfide) groups is 2. The summed E-state index contributed by atoms with van der Waals surface area (Å²) in [5.41, 5.74) is 1.18. The van der Waals surface area contributed by atoms with Crippen LogP contribution in [0.2, 0.25) is 0 Å². The predicted octanol–water partition coefficient (Wildman–Crippen LogP) is 1.75. The SMILES string of the molecule is O=C(CCc1ccccc1)C1NC(C(=O)N2CCSC2)CS1. The van der Waals surface area contributed by atoms with Crippen molar-refractivity contribution in [2.45, 2.75) is 24.3 Å². The fourth-order valence-electron chi connectivity index (χ4n) is 2.65. The molecular formula is C16H20N2O2S2. The molecule has 0 aromatic heterocycles. The third kappa shape index (κ3) is 3.86. The lowest BCUT2D eigenvalue weighted by molar-refractivity contribution is -0.131. The molecule has 1 aromatic rings. The molecule has 2 aliphatic heterocycles. The van der Waals surface area contributed by atoms with Crippen molar-refractivity contribution >= 4 is 35.2 Å². The molecule has 118 valence electrons. The van der Waals surface area contributed by atoms with E-state index in [4.69, 9.17) is 0 Å². The van der Waals surface area contributed by atoms with Crippen LogP contribution in [0.1, 0.15) is 12.0 Å². The maximum absolute atomic E-state index is 12.3. The van der Waals surface area contributed by atoms with E-state index in [1.165, 1.54) is 5.56 Å². The van der Waals surface area contributed by atoms with Crippen LogP contribution in [0.4, 0.5) is 0 Å². The average Bonchev–Trinajstić information content (AvgIpc) is 3.24. The summed E-state index contributed by atoms with van der Waals surface area (Å²) in [6, 6.07) is 9.84. The maximum Gasteiger partial charge on any atom is 0.241 e. The molecule has 2 unspecified atom stereocenters. The molecule has 0 aliphatic carbocycles. The minimum Gasteiger partial charge on any atom is -0.331 e. The molecule has 3 rings (SSSR count). The molecule has 2 fully saturated rings. The standard InChI is InChI=1S/C16H20N2O2S2/c19-14(7-6-12-4-2-1-3-5-12)15-17-13(10-22-15)16(20)18-8-9-21-11-18/h1-5,13,15,17H,6-11H2. The van der Waals surface area contributed by atoms with Crippen molar-refractivity contribution in [3.63, 3.8) is 0 Å². The number of Topliss-reactive ketones (excluding diaryl/α,β-unsaturated/α-hetero) is 1. The van der Waals surface area contributed by atoms with E-state index in [1.54, 1.807) is 23.5 Å². The zero-order valence-electron chi connectivity index (χ0n) is 12.4. The van der Waals surface area contributed by atoms with Crippen LogP contribution in [0.3, 0.4) is 0 Å². The van der Waals surface area contributed by atoms with Crippen LogP contribution in [-0.4, -0.2) is 51.9 Å². The summed E-state index contributed by atoms with van der Waals surface area (Å²) in [4.78, 5) is 26.5. The molecule has 1 amide bonds. The van der Waals surface area contributed by atoms with Crippen molar-refractivity contribution in [1.29, 1.82) is 0 Å². The molecular weight excluding hydrogens is 316 g/mol. The van der Waals surface area contributed by atoms with Crippen LogP contribution in [0.15, 0.2) is 30.3 Å². The molecule has 0 bridgehead atoms. The minimum absolute atomic E-state index is 0.149. The molecule has 0 saturated carbocycles. The van der Waals surface area contributed by atoms with Gasteiger partial charge in [0.15, 0.2) is 5.78 Å². The number of hydrogen-bond acceptors (Lipinski definition) is 5. The number of ketones is 1. The van der Waals surface area contributed by atoms with Gasteiger partial charge < -0.3 is 4.90 Å². The molecule has 1 aromatic carbocycles. The smallest absolute Gasteiger partial charge is 0.241 e. The van der Waals surface area contributed by atoms with Crippen LogP contribution in [-0.2, 0) is 16.0 Å². The Morgan fingerprint density at radius 1 is 1.27 bits per heavy atom. The van der Waals surface area contributed by atoms with Crippen molar-refractivity contribution in [2.75, 3.05) is 23.9 Å². The molecule has 2 aliphatic rings. The number of rotatable bonds is 5. The zero-order chi connectivity index (χ0) is 15.4. The van der Waals surface area contributed by atoms with E-state index in [0.717, 1.165) is 24.6 Å². The van der Waals surface area contributed by atoms with Gasteiger partial charge in [0.1, 0.15) is 5.37 Å². The largest absolute Gasteiger partial charge is 0.331 e. The highest BCUT2D eigenvalue weighted by atomic mass is 32.2. The highest BCUT2D eigenvalue weighted by Gasteiger charge is 2.36. The van der Waals surface area contributed by atoms with Gasteiger partial charge in [0.05, 0.1) is 11.9 Å². The van der Waals surface area contributed by atoms with Crippen LogP contribution >= 0.6 is 23.5 Å². The van der Waals surface area contributed by atoms with Crippen LogP contribution < -0.4 is 5.32 Å². The lowest BCUT2D eigenvalue weighted by Crippen LogP contribution is -2.46. The predicted molar refractivity (Wildman–Crippen MR) is 92.0 cm³/mol. The van der Waals surface area contributed by atoms with Crippen molar-refractivity contribution in [1.82, 2.24) is 10.2 Å². The van der Waals surface area contributed by atoms with Gasteiger partial charge in [-0.1, -0.05) is 30.3 Å². The van der Waals surface area contributed by atoms with Gasteiger partial charge >= 0.3 is 0 Å². The summed E-state index contributed by atoms with van der Waals surface area (Å²) in [5.74, 6) is 2.84. The van der Waals surface area contributed by atoms with Crippen molar-refractivity contribution in [2.24, 2.45) is 0 Å². The van der Waals surface area contributed by atoms with Crippen molar-refractivity contribution in [3.05, 3.63) is 35.9 Å². The maximum atomic E-state index is 12.3. The van der Waals surface area contributed by atoms with E-state index in [0.29, 0.717) is 12.2 Å². The number of nitrogens with one attached hydrogen (secondary N) is 1. The van der Waals surface area contributed by atoms with Crippen molar-refractivity contribution in [3.8, 4) is 0 Å². The van der Waals surface area contributed by atoms with Gasteiger partial charge in [-0.25, -0.2) is 0 Å². The lowest BCUT2D eigenvalue weighted by atomic mass is 10.1. The zero-order valence-corrected chi connectivity index (χ0v) is 14.0. The number of aryl methyl sites for hydroxylation is 1. The number of amides is 1. The summed E-state index contributed by atoms with van der Waals surface area (Å²) < 4.78 is 0. The second-order valence-corrected chi connectivity index (χ2v) is 7.74. The summed E-state index contributed by atoms with van der Waals surface area (Å²) in [6.45, 7) is 0.832. The Bertz CT molecular complexity index is 532.